The van der Waals surface area contributed by atoms with Crippen molar-refractivity contribution in [1.82, 2.24) is 0 Å². The predicted molar refractivity (Wildman–Crippen MR) is 54.1 cm³/mol. The average molecular weight is 211 g/mol. The molecule has 0 unspecified atom stereocenters. The summed E-state index contributed by atoms with van der Waals surface area (Å²) in [7, 11) is 0. The Balaban J connectivity index is 0.000001000. The van der Waals surface area contributed by atoms with Gasteiger partial charge in [-0.15, -0.1) is 23.4 Å². The zero-order valence-electron chi connectivity index (χ0n) is 6.50. The summed E-state index contributed by atoms with van der Waals surface area (Å²) in [5.41, 5.74) is 2.29. The normalized spacial score (nSPS) is 8.00. The lowest BCUT2D eigenvalue weighted by Gasteiger charge is -1.94. The van der Waals surface area contributed by atoms with Crippen molar-refractivity contribution in [3.05, 3.63) is 35.4 Å². The topological polar surface area (TPSA) is 0 Å². The maximum atomic E-state index is 5.19. The van der Waals surface area contributed by atoms with Crippen molar-refractivity contribution < 1.29 is 0 Å². The molecule has 0 amide bonds. The van der Waals surface area contributed by atoms with Gasteiger partial charge in [-0.1, -0.05) is 25.0 Å². The molecule has 11 heavy (non-hydrogen) atoms. The fourth-order valence-electron chi connectivity index (χ4n) is 0.837. The molecule has 0 aliphatic carbocycles. The second-order valence-electron chi connectivity index (χ2n) is 2.19. The van der Waals surface area contributed by atoms with E-state index in [1.54, 1.807) is 0 Å². The van der Waals surface area contributed by atoms with Crippen molar-refractivity contribution >= 4 is 17.0 Å². The van der Waals surface area contributed by atoms with Gasteiger partial charge in [-0.2, -0.15) is 0 Å². The highest BCUT2D eigenvalue weighted by Gasteiger charge is 1.86. The largest absolute Gasteiger partial charge is 0.115 e. The second-order valence-corrected chi connectivity index (χ2v) is 2.19. The number of hydrogen-bond donors (Lipinski definition) is 0. The zero-order chi connectivity index (χ0) is 7.40. The molecular formula is C10H11Br. The Labute approximate surface area is 78.4 Å². The fraction of sp³-hybridized carbons (Fsp3) is 0.200. The van der Waals surface area contributed by atoms with Crippen LogP contribution in [0.1, 0.15) is 18.1 Å². The van der Waals surface area contributed by atoms with Crippen LogP contribution in [0.4, 0.5) is 0 Å². The van der Waals surface area contributed by atoms with Gasteiger partial charge in [0.05, 0.1) is 0 Å². The smallest absolute Gasteiger partial charge is 0.0242 e. The van der Waals surface area contributed by atoms with Gasteiger partial charge in [0, 0.05) is 5.56 Å². The first kappa shape index (κ1) is 10.3. The lowest BCUT2D eigenvalue weighted by atomic mass is 10.1. The van der Waals surface area contributed by atoms with E-state index in [0.717, 1.165) is 12.0 Å². The third-order valence-electron chi connectivity index (χ3n) is 1.53. The van der Waals surface area contributed by atoms with E-state index in [1.807, 2.05) is 12.1 Å². The van der Waals surface area contributed by atoms with E-state index in [9.17, 15) is 0 Å². The van der Waals surface area contributed by atoms with Crippen molar-refractivity contribution in [2.75, 3.05) is 0 Å². The number of rotatable bonds is 1. The quantitative estimate of drug-likeness (QED) is 0.626. The fourth-order valence-corrected chi connectivity index (χ4v) is 0.837. The van der Waals surface area contributed by atoms with Crippen molar-refractivity contribution in [3.63, 3.8) is 0 Å². The van der Waals surface area contributed by atoms with E-state index in [1.165, 1.54) is 5.56 Å². The summed E-state index contributed by atoms with van der Waals surface area (Å²) >= 11 is 0. The summed E-state index contributed by atoms with van der Waals surface area (Å²) in [6.07, 6.45) is 6.27. The molecule has 1 aromatic rings. The number of terminal acetylenes is 1. The Hall–Kier alpha value is -0.740. The van der Waals surface area contributed by atoms with Crippen molar-refractivity contribution in [3.8, 4) is 12.3 Å². The molecule has 0 aliphatic rings. The van der Waals surface area contributed by atoms with Crippen LogP contribution in [0, 0.1) is 12.3 Å². The Kier molecular flexibility index (Phi) is 4.65. The predicted octanol–water partition coefficient (Wildman–Crippen LogP) is 2.81. The van der Waals surface area contributed by atoms with Crippen LogP contribution in [-0.4, -0.2) is 0 Å². The molecule has 0 saturated carbocycles. The average Bonchev–Trinajstić information content (AvgIpc) is 2.05. The van der Waals surface area contributed by atoms with Gasteiger partial charge in [0.2, 0.25) is 0 Å². The molecule has 1 heteroatoms. The van der Waals surface area contributed by atoms with Gasteiger partial charge in [0.15, 0.2) is 0 Å². The van der Waals surface area contributed by atoms with E-state index in [0.29, 0.717) is 0 Å². The number of halogens is 1. The Morgan fingerprint density at radius 2 is 1.82 bits per heavy atom. The summed E-state index contributed by atoms with van der Waals surface area (Å²) in [5.74, 6) is 2.58. The Morgan fingerprint density at radius 3 is 2.18 bits per heavy atom. The molecule has 1 rings (SSSR count). The minimum Gasteiger partial charge on any atom is -0.115 e. The van der Waals surface area contributed by atoms with Crippen molar-refractivity contribution in [2.45, 2.75) is 13.3 Å². The standard InChI is InChI=1S/C10H10.BrH/c1-3-9-5-7-10(4-2)8-6-9;/h1,5-8H,4H2,2H3;1H. The molecule has 0 nitrogen and oxygen atoms in total. The first-order chi connectivity index (χ1) is 4.86. The van der Waals surface area contributed by atoms with Crippen LogP contribution in [0.5, 0.6) is 0 Å². The SMILES string of the molecule is Br.C#Cc1ccc(CC)cc1. The molecule has 0 aliphatic heterocycles. The molecule has 0 fully saturated rings. The van der Waals surface area contributed by atoms with E-state index in [2.05, 4.69) is 25.0 Å². The molecule has 0 bridgehead atoms. The van der Waals surface area contributed by atoms with Crippen LogP contribution in [0.2, 0.25) is 0 Å². The molecule has 58 valence electrons. The number of aryl methyl sites for hydroxylation is 1. The van der Waals surface area contributed by atoms with Crippen LogP contribution in [0.25, 0.3) is 0 Å². The summed E-state index contributed by atoms with van der Waals surface area (Å²) in [5, 5.41) is 0. The third-order valence-corrected chi connectivity index (χ3v) is 1.53. The first-order valence-electron chi connectivity index (χ1n) is 3.42. The van der Waals surface area contributed by atoms with Crippen LogP contribution < -0.4 is 0 Å². The third kappa shape index (κ3) is 2.78. The molecular weight excluding hydrogens is 200 g/mol. The van der Waals surface area contributed by atoms with Gasteiger partial charge >= 0.3 is 0 Å². The molecule has 0 N–H and O–H groups in total. The van der Waals surface area contributed by atoms with Gasteiger partial charge in [-0.3, -0.25) is 0 Å². The minimum absolute atomic E-state index is 0. The summed E-state index contributed by atoms with van der Waals surface area (Å²) in [6.45, 7) is 2.13. The molecule has 0 saturated heterocycles. The number of hydrogen-bond acceptors (Lipinski definition) is 0. The van der Waals surface area contributed by atoms with Gasteiger partial charge in [0.1, 0.15) is 0 Å². The number of benzene rings is 1. The van der Waals surface area contributed by atoms with Crippen LogP contribution >= 0.6 is 17.0 Å². The molecule has 0 heterocycles. The molecule has 1 aromatic carbocycles. The minimum atomic E-state index is 0. The summed E-state index contributed by atoms with van der Waals surface area (Å²) in [6, 6.07) is 8.07. The second kappa shape index (κ2) is 4.98. The van der Waals surface area contributed by atoms with E-state index >= 15 is 0 Å². The van der Waals surface area contributed by atoms with Gasteiger partial charge in [-0.25, -0.2) is 0 Å². The monoisotopic (exact) mass is 210 g/mol. The molecule has 0 radical (unpaired) electrons. The zero-order valence-corrected chi connectivity index (χ0v) is 8.22. The van der Waals surface area contributed by atoms with Crippen LogP contribution in [-0.2, 0) is 6.42 Å². The molecule has 0 spiro atoms. The lowest BCUT2D eigenvalue weighted by Crippen LogP contribution is -1.78. The molecule has 0 atom stereocenters. The van der Waals surface area contributed by atoms with Gasteiger partial charge in [-0.05, 0) is 24.1 Å². The van der Waals surface area contributed by atoms with Crippen molar-refractivity contribution in [2.24, 2.45) is 0 Å². The van der Waals surface area contributed by atoms with Crippen LogP contribution in [0.3, 0.4) is 0 Å². The lowest BCUT2D eigenvalue weighted by molar-refractivity contribution is 1.14. The Morgan fingerprint density at radius 1 is 1.27 bits per heavy atom. The van der Waals surface area contributed by atoms with Gasteiger partial charge < -0.3 is 0 Å². The maximum absolute atomic E-state index is 5.19. The van der Waals surface area contributed by atoms with Gasteiger partial charge in [0.25, 0.3) is 0 Å². The van der Waals surface area contributed by atoms with E-state index in [4.69, 9.17) is 6.42 Å². The maximum Gasteiger partial charge on any atom is 0.0242 e. The van der Waals surface area contributed by atoms with E-state index in [-0.39, 0.29) is 17.0 Å². The molecule has 0 aromatic heterocycles. The van der Waals surface area contributed by atoms with Crippen LogP contribution in [0.15, 0.2) is 24.3 Å². The highest BCUT2D eigenvalue weighted by molar-refractivity contribution is 8.93. The summed E-state index contributed by atoms with van der Waals surface area (Å²) in [4.78, 5) is 0. The summed E-state index contributed by atoms with van der Waals surface area (Å²) < 4.78 is 0. The Bertz CT molecular complexity index is 241. The first-order valence-corrected chi connectivity index (χ1v) is 3.42. The van der Waals surface area contributed by atoms with E-state index < -0.39 is 0 Å². The van der Waals surface area contributed by atoms with Crippen molar-refractivity contribution in [1.29, 1.82) is 0 Å². The highest BCUT2D eigenvalue weighted by Crippen LogP contribution is 2.02. The highest BCUT2D eigenvalue weighted by atomic mass is 79.9.